The van der Waals surface area contributed by atoms with Crippen LogP contribution in [0.4, 0.5) is 12.9 Å². The highest BCUT2D eigenvalue weighted by molar-refractivity contribution is 6.58. The molecule has 6 heteroatoms. The van der Waals surface area contributed by atoms with Gasteiger partial charge < -0.3 is 17.7 Å². The summed E-state index contributed by atoms with van der Waals surface area (Å²) < 4.78 is 40.7. The van der Waals surface area contributed by atoms with Crippen molar-refractivity contribution in [1.82, 2.24) is 0 Å². The van der Waals surface area contributed by atoms with Crippen molar-refractivity contribution in [2.45, 2.75) is 64.8 Å². The van der Waals surface area contributed by atoms with E-state index in [0.29, 0.717) is 19.3 Å². The fourth-order valence-corrected chi connectivity index (χ4v) is 1.39. The first-order valence-electron chi connectivity index (χ1n) is 6.03. The SMILES string of the molecule is CC(C)(C)OC(=O)CCCCCC[B-](F)(F)F. The number of hydrogen-bond acceptors (Lipinski definition) is 2. The predicted octanol–water partition coefficient (Wildman–Crippen LogP) is 4.13. The first kappa shape index (κ1) is 16.3. The Morgan fingerprint density at radius 2 is 1.59 bits per heavy atom. The minimum Gasteiger partial charge on any atom is -0.460 e. The molecule has 0 saturated heterocycles. The number of ether oxygens (including phenoxy) is 1. The van der Waals surface area contributed by atoms with Crippen molar-refractivity contribution >= 4 is 12.9 Å². The molecule has 0 aromatic carbocycles. The molecule has 0 aliphatic heterocycles. The lowest BCUT2D eigenvalue weighted by Crippen LogP contribution is -2.23. The Bertz CT molecular complexity index is 234. The molecule has 102 valence electrons. The number of rotatable bonds is 7. The van der Waals surface area contributed by atoms with Crippen molar-refractivity contribution in [3.05, 3.63) is 0 Å². The zero-order valence-corrected chi connectivity index (χ0v) is 10.8. The summed E-state index contributed by atoms with van der Waals surface area (Å²) in [4.78, 5) is 11.3. The van der Waals surface area contributed by atoms with Gasteiger partial charge in [-0.2, -0.15) is 0 Å². The minimum atomic E-state index is -4.65. The number of hydrogen-bond donors (Lipinski definition) is 0. The first-order valence-corrected chi connectivity index (χ1v) is 6.03. The lowest BCUT2D eigenvalue weighted by atomic mass is 9.83. The van der Waals surface area contributed by atoms with Gasteiger partial charge in [-0.1, -0.05) is 25.6 Å². The molecule has 0 bridgehead atoms. The minimum absolute atomic E-state index is 0.165. The second kappa shape index (κ2) is 6.92. The average Bonchev–Trinajstić information content (AvgIpc) is 2.06. The Balaban J connectivity index is 3.44. The molecule has 0 heterocycles. The monoisotopic (exact) mass is 253 g/mol. The van der Waals surface area contributed by atoms with Crippen molar-refractivity contribution in [2.75, 3.05) is 0 Å². The molecular formula is C11H21BF3O2-. The van der Waals surface area contributed by atoms with Crippen molar-refractivity contribution in [3.63, 3.8) is 0 Å². The van der Waals surface area contributed by atoms with Gasteiger partial charge in [0.2, 0.25) is 0 Å². The molecule has 0 spiro atoms. The van der Waals surface area contributed by atoms with Crippen LogP contribution in [0.25, 0.3) is 0 Å². The van der Waals surface area contributed by atoms with Gasteiger partial charge in [0.1, 0.15) is 5.60 Å². The van der Waals surface area contributed by atoms with Crippen LogP contribution in [0.1, 0.15) is 52.9 Å². The van der Waals surface area contributed by atoms with Crippen LogP contribution in [0.2, 0.25) is 6.32 Å². The van der Waals surface area contributed by atoms with Crippen LogP contribution >= 0.6 is 0 Å². The highest BCUT2D eigenvalue weighted by Gasteiger charge is 2.21. The van der Waals surface area contributed by atoms with Gasteiger partial charge in [-0.3, -0.25) is 4.79 Å². The van der Waals surface area contributed by atoms with Crippen LogP contribution in [0.3, 0.4) is 0 Å². The number of halogens is 3. The van der Waals surface area contributed by atoms with E-state index in [-0.39, 0.29) is 18.8 Å². The Hall–Kier alpha value is -0.675. The summed E-state index contributed by atoms with van der Waals surface area (Å²) in [5.41, 5.74) is -0.490. The zero-order chi connectivity index (χ0) is 13.5. The number of unbranched alkanes of at least 4 members (excludes halogenated alkanes) is 3. The smallest absolute Gasteiger partial charge is 0.460 e. The van der Waals surface area contributed by atoms with E-state index in [1.165, 1.54) is 0 Å². The van der Waals surface area contributed by atoms with Gasteiger partial charge in [-0.25, -0.2) is 0 Å². The largest absolute Gasteiger partial charge is 0.478 e. The van der Waals surface area contributed by atoms with Crippen LogP contribution in [-0.2, 0) is 9.53 Å². The van der Waals surface area contributed by atoms with Gasteiger partial charge in [0.15, 0.2) is 0 Å². The van der Waals surface area contributed by atoms with Gasteiger partial charge in [-0.15, -0.1) is 0 Å². The van der Waals surface area contributed by atoms with Gasteiger partial charge in [-0.05, 0) is 27.2 Å². The van der Waals surface area contributed by atoms with E-state index in [9.17, 15) is 17.7 Å². The molecule has 2 nitrogen and oxygen atoms in total. The summed E-state index contributed by atoms with van der Waals surface area (Å²) in [7, 11) is 0. The van der Waals surface area contributed by atoms with Gasteiger partial charge in [0, 0.05) is 6.42 Å². The summed E-state index contributed by atoms with van der Waals surface area (Å²) in [6.45, 7) is 0.715. The molecule has 0 atom stereocenters. The van der Waals surface area contributed by atoms with E-state index < -0.39 is 18.9 Å². The third-order valence-corrected chi connectivity index (χ3v) is 2.08. The third-order valence-electron chi connectivity index (χ3n) is 2.08. The highest BCUT2D eigenvalue weighted by Crippen LogP contribution is 2.19. The van der Waals surface area contributed by atoms with Gasteiger partial charge >= 0.3 is 12.9 Å². The Morgan fingerprint density at radius 3 is 2.06 bits per heavy atom. The molecule has 0 aromatic rings. The van der Waals surface area contributed by atoms with Crippen molar-refractivity contribution in [3.8, 4) is 0 Å². The molecule has 17 heavy (non-hydrogen) atoms. The lowest BCUT2D eigenvalue weighted by molar-refractivity contribution is -0.154. The summed E-state index contributed by atoms with van der Waals surface area (Å²) >= 11 is 0. The Morgan fingerprint density at radius 1 is 1.06 bits per heavy atom. The Kier molecular flexibility index (Phi) is 6.64. The van der Waals surface area contributed by atoms with E-state index in [1.807, 2.05) is 0 Å². The zero-order valence-electron chi connectivity index (χ0n) is 10.8. The Labute approximate surface area is 101 Å². The molecule has 0 amide bonds. The normalized spacial score (nSPS) is 12.6. The maximum atomic E-state index is 11.9. The highest BCUT2D eigenvalue weighted by atomic mass is 19.4. The molecule has 0 fully saturated rings. The maximum Gasteiger partial charge on any atom is 0.478 e. The molecule has 0 saturated carbocycles. The maximum absolute atomic E-state index is 11.9. The molecule has 0 N–H and O–H groups in total. The van der Waals surface area contributed by atoms with E-state index in [0.717, 1.165) is 0 Å². The van der Waals surface area contributed by atoms with Gasteiger partial charge in [0.25, 0.3) is 0 Å². The van der Waals surface area contributed by atoms with Crippen molar-refractivity contribution in [1.29, 1.82) is 0 Å². The second-order valence-corrected chi connectivity index (χ2v) is 5.25. The quantitative estimate of drug-likeness (QED) is 0.387. The van der Waals surface area contributed by atoms with Crippen molar-refractivity contribution < 1.29 is 22.5 Å². The molecule has 0 aliphatic rings. The van der Waals surface area contributed by atoms with Crippen LogP contribution in [0.15, 0.2) is 0 Å². The van der Waals surface area contributed by atoms with Gasteiger partial charge in [0.05, 0.1) is 0 Å². The summed E-state index contributed by atoms with van der Waals surface area (Å²) in [6, 6.07) is 0. The van der Waals surface area contributed by atoms with Crippen molar-refractivity contribution in [2.24, 2.45) is 0 Å². The number of carbonyl (C=O) groups excluding carboxylic acids is 1. The van der Waals surface area contributed by atoms with E-state index in [1.54, 1.807) is 20.8 Å². The van der Waals surface area contributed by atoms with E-state index >= 15 is 0 Å². The van der Waals surface area contributed by atoms with Crippen LogP contribution < -0.4 is 0 Å². The van der Waals surface area contributed by atoms with Crippen LogP contribution in [0.5, 0.6) is 0 Å². The average molecular weight is 253 g/mol. The van der Waals surface area contributed by atoms with E-state index in [4.69, 9.17) is 4.74 Å². The summed E-state index contributed by atoms with van der Waals surface area (Å²) in [6.07, 6.45) is 1.54. The number of esters is 1. The molecular weight excluding hydrogens is 232 g/mol. The topological polar surface area (TPSA) is 26.3 Å². The third kappa shape index (κ3) is 13.3. The van der Waals surface area contributed by atoms with Crippen LogP contribution in [-0.4, -0.2) is 18.5 Å². The molecule has 0 radical (unpaired) electrons. The summed E-state index contributed by atoms with van der Waals surface area (Å²) in [5, 5.41) is 0. The van der Waals surface area contributed by atoms with Crippen LogP contribution in [0, 0.1) is 0 Å². The lowest BCUT2D eigenvalue weighted by Gasteiger charge is -2.19. The molecule has 0 aromatic heterocycles. The molecule has 0 aliphatic carbocycles. The molecule has 0 rings (SSSR count). The molecule has 0 unspecified atom stereocenters. The first-order chi connectivity index (χ1) is 7.60. The fraction of sp³-hybridized carbons (Fsp3) is 0.909. The number of carbonyl (C=O) groups is 1. The second-order valence-electron chi connectivity index (χ2n) is 5.25. The predicted molar refractivity (Wildman–Crippen MR) is 62.8 cm³/mol. The standard InChI is InChI=1S/C11H21BF3O2/c1-11(2,3)17-10(16)8-6-4-5-7-9-12(13,14)15/h4-9H2,1-3H3/q-1. The fourth-order valence-electron chi connectivity index (χ4n) is 1.39. The van der Waals surface area contributed by atoms with E-state index in [2.05, 4.69) is 0 Å². The summed E-state index contributed by atoms with van der Waals surface area (Å²) in [5.74, 6) is -0.280.